The Bertz CT molecular complexity index is 392. The Morgan fingerprint density at radius 1 is 1.00 bits per heavy atom. The van der Waals surface area contributed by atoms with Crippen LogP contribution in [0.15, 0.2) is 0 Å². The van der Waals surface area contributed by atoms with E-state index in [1.165, 1.54) is 6.42 Å². The third kappa shape index (κ3) is 3.50. The van der Waals surface area contributed by atoms with Crippen LogP contribution in [0.2, 0.25) is 0 Å². The van der Waals surface area contributed by atoms with E-state index in [2.05, 4.69) is 18.7 Å². The fraction of sp³-hybridized carbons (Fsp3) is 1.00. The number of rotatable bonds is 4. The molecule has 112 valence electrons. The molecule has 2 atom stereocenters. The third-order valence-electron chi connectivity index (χ3n) is 4.20. The molecule has 0 aliphatic carbocycles. The Labute approximate surface area is 118 Å². The van der Waals surface area contributed by atoms with Crippen LogP contribution in [0.5, 0.6) is 0 Å². The van der Waals surface area contributed by atoms with E-state index in [0.29, 0.717) is 17.8 Å². The van der Waals surface area contributed by atoms with Gasteiger partial charge in [-0.25, -0.2) is 12.7 Å². The van der Waals surface area contributed by atoms with Crippen LogP contribution in [-0.4, -0.2) is 55.6 Å². The maximum atomic E-state index is 12.3. The van der Waals surface area contributed by atoms with Crippen molar-refractivity contribution in [3.63, 3.8) is 0 Å². The SMILES string of the molecule is CC(C)CN1CC2CC(C1)CN(S(=O)(=O)C(C)C)C2. The van der Waals surface area contributed by atoms with Crippen molar-refractivity contribution in [3.05, 3.63) is 0 Å². The van der Waals surface area contributed by atoms with Gasteiger partial charge in [-0.3, -0.25) is 0 Å². The average molecular weight is 288 g/mol. The van der Waals surface area contributed by atoms with E-state index in [4.69, 9.17) is 0 Å². The van der Waals surface area contributed by atoms with Crippen LogP contribution < -0.4 is 0 Å². The monoisotopic (exact) mass is 288 g/mol. The van der Waals surface area contributed by atoms with Crippen LogP contribution >= 0.6 is 0 Å². The second kappa shape index (κ2) is 5.70. The highest BCUT2D eigenvalue weighted by Crippen LogP contribution is 2.31. The molecule has 0 aromatic carbocycles. The zero-order valence-corrected chi connectivity index (χ0v) is 13.5. The summed E-state index contributed by atoms with van der Waals surface area (Å²) in [5.74, 6) is 1.74. The maximum Gasteiger partial charge on any atom is 0.216 e. The Balaban J connectivity index is 2.01. The lowest BCUT2D eigenvalue weighted by Crippen LogP contribution is -2.55. The van der Waals surface area contributed by atoms with Crippen molar-refractivity contribution in [2.75, 3.05) is 32.7 Å². The van der Waals surface area contributed by atoms with Gasteiger partial charge in [0.25, 0.3) is 0 Å². The molecule has 5 heteroatoms. The zero-order valence-electron chi connectivity index (χ0n) is 12.7. The van der Waals surface area contributed by atoms with Gasteiger partial charge >= 0.3 is 0 Å². The molecule has 2 fully saturated rings. The van der Waals surface area contributed by atoms with Gasteiger partial charge in [-0.15, -0.1) is 0 Å². The van der Waals surface area contributed by atoms with Gasteiger partial charge < -0.3 is 4.90 Å². The summed E-state index contributed by atoms with van der Waals surface area (Å²) in [4.78, 5) is 2.53. The molecule has 2 aliphatic rings. The van der Waals surface area contributed by atoms with Gasteiger partial charge in [0.2, 0.25) is 10.0 Å². The molecule has 2 aliphatic heterocycles. The van der Waals surface area contributed by atoms with Crippen LogP contribution in [0.4, 0.5) is 0 Å². The minimum atomic E-state index is -3.07. The molecule has 4 nitrogen and oxygen atoms in total. The first-order chi connectivity index (χ1) is 8.79. The number of piperidine rings is 2. The molecule has 0 N–H and O–H groups in total. The van der Waals surface area contributed by atoms with Gasteiger partial charge in [0.15, 0.2) is 0 Å². The van der Waals surface area contributed by atoms with E-state index < -0.39 is 10.0 Å². The lowest BCUT2D eigenvalue weighted by Gasteiger charge is -2.46. The second-order valence-electron chi connectivity index (χ2n) is 6.99. The first kappa shape index (κ1) is 15.3. The van der Waals surface area contributed by atoms with Gasteiger partial charge in [-0.2, -0.15) is 0 Å². The standard InChI is InChI=1S/C14H28N2O2S/c1-11(2)6-15-7-13-5-14(8-15)10-16(9-13)19(17,18)12(3)4/h11-14H,5-10H2,1-4H3. The van der Waals surface area contributed by atoms with Crippen molar-refractivity contribution in [2.24, 2.45) is 17.8 Å². The van der Waals surface area contributed by atoms with E-state index in [1.807, 2.05) is 0 Å². The number of likely N-dealkylation sites (tertiary alicyclic amines) is 1. The van der Waals surface area contributed by atoms with E-state index in [-0.39, 0.29) is 5.25 Å². The highest BCUT2D eigenvalue weighted by molar-refractivity contribution is 7.89. The number of fused-ring (bicyclic) bond motifs is 2. The summed E-state index contributed by atoms with van der Waals surface area (Å²) in [5, 5.41) is -0.293. The van der Waals surface area contributed by atoms with Crippen LogP contribution in [0, 0.1) is 17.8 Å². The first-order valence-corrected chi connectivity index (χ1v) is 9.00. The predicted octanol–water partition coefficient (Wildman–Crippen LogP) is 1.63. The highest BCUT2D eigenvalue weighted by Gasteiger charge is 2.39. The quantitative estimate of drug-likeness (QED) is 0.789. The Kier molecular flexibility index (Phi) is 4.58. The van der Waals surface area contributed by atoms with Crippen LogP contribution in [0.1, 0.15) is 34.1 Å². The van der Waals surface area contributed by atoms with E-state index in [9.17, 15) is 8.42 Å². The largest absolute Gasteiger partial charge is 0.302 e. The van der Waals surface area contributed by atoms with Crippen molar-refractivity contribution in [1.82, 2.24) is 9.21 Å². The number of nitrogens with zero attached hydrogens (tertiary/aromatic N) is 2. The second-order valence-corrected chi connectivity index (χ2v) is 9.48. The summed E-state index contributed by atoms with van der Waals surface area (Å²) in [6.07, 6.45) is 1.21. The van der Waals surface area contributed by atoms with Crippen molar-refractivity contribution in [3.8, 4) is 0 Å². The predicted molar refractivity (Wildman–Crippen MR) is 78.5 cm³/mol. The molecule has 2 rings (SSSR count). The summed E-state index contributed by atoms with van der Waals surface area (Å²) in [7, 11) is -3.07. The molecule has 2 saturated heterocycles. The van der Waals surface area contributed by atoms with Gasteiger partial charge in [-0.1, -0.05) is 13.8 Å². The molecule has 2 bridgehead atoms. The van der Waals surface area contributed by atoms with Crippen molar-refractivity contribution >= 4 is 10.0 Å². The molecule has 0 spiro atoms. The summed E-state index contributed by atoms with van der Waals surface area (Å²) < 4.78 is 26.3. The molecule has 2 heterocycles. The zero-order chi connectivity index (χ0) is 14.2. The van der Waals surface area contributed by atoms with Gasteiger partial charge in [0.05, 0.1) is 5.25 Å². The van der Waals surface area contributed by atoms with Crippen LogP contribution in [0.3, 0.4) is 0 Å². The first-order valence-electron chi connectivity index (χ1n) is 7.50. The van der Waals surface area contributed by atoms with E-state index in [1.54, 1.807) is 18.2 Å². The number of hydrogen-bond acceptors (Lipinski definition) is 3. The molecular formula is C14H28N2O2S. The number of sulfonamides is 1. The minimum Gasteiger partial charge on any atom is -0.302 e. The van der Waals surface area contributed by atoms with Crippen molar-refractivity contribution in [2.45, 2.75) is 39.4 Å². The molecule has 0 saturated carbocycles. The summed E-state index contributed by atoms with van der Waals surface area (Å²) >= 11 is 0. The van der Waals surface area contributed by atoms with Gasteiger partial charge in [-0.05, 0) is 38.0 Å². The Morgan fingerprint density at radius 2 is 1.53 bits per heavy atom. The van der Waals surface area contributed by atoms with Gasteiger partial charge in [0.1, 0.15) is 0 Å². The molecule has 0 radical (unpaired) electrons. The molecular weight excluding hydrogens is 260 g/mol. The minimum absolute atomic E-state index is 0.293. The molecule has 2 unspecified atom stereocenters. The summed E-state index contributed by atoms with van der Waals surface area (Å²) in [5.41, 5.74) is 0. The highest BCUT2D eigenvalue weighted by atomic mass is 32.2. The smallest absolute Gasteiger partial charge is 0.216 e. The average Bonchev–Trinajstić information content (AvgIpc) is 2.26. The summed E-state index contributed by atoms with van der Waals surface area (Å²) in [6, 6.07) is 0. The molecule has 0 aromatic heterocycles. The van der Waals surface area contributed by atoms with Crippen LogP contribution in [0.25, 0.3) is 0 Å². The topological polar surface area (TPSA) is 40.6 Å². The normalized spacial score (nSPS) is 30.2. The fourth-order valence-electron chi connectivity index (χ4n) is 3.51. The molecule has 0 amide bonds. The van der Waals surface area contributed by atoms with E-state index >= 15 is 0 Å². The van der Waals surface area contributed by atoms with Crippen molar-refractivity contribution < 1.29 is 8.42 Å². The van der Waals surface area contributed by atoms with E-state index in [0.717, 1.165) is 32.7 Å². The summed E-state index contributed by atoms with van der Waals surface area (Å²) in [6.45, 7) is 12.8. The lowest BCUT2D eigenvalue weighted by atomic mass is 9.85. The maximum absolute atomic E-state index is 12.3. The fourth-order valence-corrected chi connectivity index (χ4v) is 4.95. The number of hydrogen-bond donors (Lipinski definition) is 0. The Hall–Kier alpha value is -0.130. The lowest BCUT2D eigenvalue weighted by molar-refractivity contribution is 0.0577. The third-order valence-corrected chi connectivity index (χ3v) is 6.41. The Morgan fingerprint density at radius 3 is 1.95 bits per heavy atom. The van der Waals surface area contributed by atoms with Gasteiger partial charge in [0, 0.05) is 32.7 Å². The molecule has 19 heavy (non-hydrogen) atoms. The van der Waals surface area contributed by atoms with Crippen molar-refractivity contribution in [1.29, 1.82) is 0 Å². The molecule has 0 aromatic rings. The van der Waals surface area contributed by atoms with Crippen LogP contribution in [-0.2, 0) is 10.0 Å².